The van der Waals surface area contributed by atoms with Gasteiger partial charge >= 0.3 is 0 Å². The van der Waals surface area contributed by atoms with Gasteiger partial charge in [0.1, 0.15) is 0 Å². The van der Waals surface area contributed by atoms with Gasteiger partial charge in [0, 0.05) is 25.7 Å². The van der Waals surface area contributed by atoms with Gasteiger partial charge in [-0.3, -0.25) is 4.90 Å². The third-order valence-electron chi connectivity index (χ3n) is 3.15. The fourth-order valence-corrected chi connectivity index (χ4v) is 4.78. The molecule has 0 bridgehead atoms. The number of likely N-dealkylation sites (tertiary alicyclic amines) is 1. The average molecular weight is 334 g/mol. The summed E-state index contributed by atoms with van der Waals surface area (Å²) in [6.07, 6.45) is 2.93. The predicted octanol–water partition coefficient (Wildman–Crippen LogP) is 0.480. The Morgan fingerprint density at radius 1 is 1.60 bits per heavy atom. The summed E-state index contributed by atoms with van der Waals surface area (Å²) in [5.41, 5.74) is 5.51. The Bertz CT molecular complexity index is 576. The van der Waals surface area contributed by atoms with Gasteiger partial charge in [-0.15, -0.1) is 11.3 Å². The second-order valence-corrected chi connectivity index (χ2v) is 8.54. The Labute approximate surface area is 128 Å². The molecule has 0 radical (unpaired) electrons. The number of hydrogen-bond acceptors (Lipinski definition) is 6. The highest BCUT2D eigenvalue weighted by atomic mass is 32.2. The standard InChI is InChI=1S/C11H18N4O2S3/c1-8-13-6-11(19-8)20(16,17)14-9-2-4-15(5-3-9)7-10(12)18/h6,9,14H,2-5,7H2,1H3,(H2,12,18). The van der Waals surface area contributed by atoms with Crippen LogP contribution in [0.4, 0.5) is 0 Å². The number of thiocarbonyl (C=S) groups is 1. The molecule has 112 valence electrons. The van der Waals surface area contributed by atoms with Crippen molar-refractivity contribution >= 4 is 38.6 Å². The fraction of sp³-hybridized carbons (Fsp3) is 0.636. The number of nitrogens with one attached hydrogen (secondary N) is 1. The van der Waals surface area contributed by atoms with Gasteiger partial charge in [-0.25, -0.2) is 18.1 Å². The molecule has 0 saturated carbocycles. The Kier molecular flexibility index (Phi) is 5.08. The summed E-state index contributed by atoms with van der Waals surface area (Å²) in [5, 5.41) is 0.747. The van der Waals surface area contributed by atoms with Crippen molar-refractivity contribution in [2.45, 2.75) is 30.0 Å². The van der Waals surface area contributed by atoms with E-state index in [1.165, 1.54) is 17.5 Å². The van der Waals surface area contributed by atoms with Crippen molar-refractivity contribution < 1.29 is 8.42 Å². The lowest BCUT2D eigenvalue weighted by atomic mass is 10.1. The molecule has 20 heavy (non-hydrogen) atoms. The smallest absolute Gasteiger partial charge is 0.251 e. The molecule has 1 aliphatic rings. The summed E-state index contributed by atoms with van der Waals surface area (Å²) in [4.78, 5) is 6.60. The van der Waals surface area contributed by atoms with Crippen LogP contribution in [0.2, 0.25) is 0 Å². The second kappa shape index (κ2) is 6.44. The number of nitrogens with zero attached hydrogens (tertiary/aromatic N) is 2. The van der Waals surface area contributed by atoms with Crippen molar-refractivity contribution in [1.82, 2.24) is 14.6 Å². The molecule has 1 saturated heterocycles. The number of aryl methyl sites for hydroxylation is 1. The van der Waals surface area contributed by atoms with E-state index < -0.39 is 10.0 Å². The topological polar surface area (TPSA) is 88.3 Å². The van der Waals surface area contributed by atoms with E-state index in [1.807, 2.05) is 0 Å². The number of sulfonamides is 1. The third kappa shape index (κ3) is 4.19. The zero-order chi connectivity index (χ0) is 14.8. The lowest BCUT2D eigenvalue weighted by Gasteiger charge is -2.31. The van der Waals surface area contributed by atoms with Crippen LogP contribution in [0.5, 0.6) is 0 Å². The van der Waals surface area contributed by atoms with Crippen LogP contribution in [-0.4, -0.2) is 49.0 Å². The van der Waals surface area contributed by atoms with Gasteiger partial charge in [0.05, 0.1) is 16.2 Å². The lowest BCUT2D eigenvalue weighted by Crippen LogP contribution is -2.46. The molecule has 1 aromatic heterocycles. The van der Waals surface area contributed by atoms with E-state index in [2.05, 4.69) is 14.6 Å². The molecule has 0 aromatic carbocycles. The number of nitrogens with two attached hydrogens (primary N) is 1. The molecule has 6 nitrogen and oxygen atoms in total. The maximum atomic E-state index is 12.2. The van der Waals surface area contributed by atoms with E-state index in [1.54, 1.807) is 6.92 Å². The van der Waals surface area contributed by atoms with Gasteiger partial charge < -0.3 is 5.73 Å². The molecule has 1 fully saturated rings. The van der Waals surface area contributed by atoms with Crippen LogP contribution in [-0.2, 0) is 10.0 Å². The summed E-state index contributed by atoms with van der Waals surface area (Å²) in [6.45, 7) is 3.99. The minimum Gasteiger partial charge on any atom is -0.392 e. The number of hydrogen-bond donors (Lipinski definition) is 2. The van der Waals surface area contributed by atoms with Crippen LogP contribution in [0.15, 0.2) is 10.4 Å². The van der Waals surface area contributed by atoms with Gasteiger partial charge in [0.2, 0.25) is 0 Å². The van der Waals surface area contributed by atoms with Gasteiger partial charge in [-0.1, -0.05) is 12.2 Å². The first-order chi connectivity index (χ1) is 9.37. The summed E-state index contributed by atoms with van der Waals surface area (Å²) in [6, 6.07) is -0.0370. The van der Waals surface area contributed by atoms with Gasteiger partial charge in [0.15, 0.2) is 4.21 Å². The monoisotopic (exact) mass is 334 g/mol. The van der Waals surface area contributed by atoms with Crippen molar-refractivity contribution in [3.05, 3.63) is 11.2 Å². The van der Waals surface area contributed by atoms with Crippen LogP contribution in [0.3, 0.4) is 0 Å². The van der Waals surface area contributed by atoms with Crippen molar-refractivity contribution in [1.29, 1.82) is 0 Å². The van der Waals surface area contributed by atoms with Crippen LogP contribution in [0.25, 0.3) is 0 Å². The first kappa shape index (κ1) is 15.8. The first-order valence-electron chi connectivity index (χ1n) is 6.32. The molecule has 3 N–H and O–H groups in total. The molecular weight excluding hydrogens is 316 g/mol. The molecule has 0 unspecified atom stereocenters. The van der Waals surface area contributed by atoms with Crippen LogP contribution < -0.4 is 10.5 Å². The third-order valence-corrected chi connectivity index (χ3v) is 6.18. The van der Waals surface area contributed by atoms with E-state index in [0.717, 1.165) is 30.9 Å². The highest BCUT2D eigenvalue weighted by Gasteiger charge is 2.25. The van der Waals surface area contributed by atoms with Crippen LogP contribution in [0, 0.1) is 6.92 Å². The van der Waals surface area contributed by atoms with Crippen molar-refractivity contribution in [2.75, 3.05) is 19.6 Å². The minimum absolute atomic E-state index is 0.0370. The maximum absolute atomic E-state index is 12.2. The van der Waals surface area contributed by atoms with E-state index in [0.29, 0.717) is 11.5 Å². The quantitative estimate of drug-likeness (QED) is 0.762. The van der Waals surface area contributed by atoms with E-state index in [4.69, 9.17) is 18.0 Å². The van der Waals surface area contributed by atoms with E-state index in [9.17, 15) is 8.42 Å². The van der Waals surface area contributed by atoms with E-state index >= 15 is 0 Å². The average Bonchev–Trinajstić information content (AvgIpc) is 2.78. The second-order valence-electron chi connectivity index (χ2n) is 4.84. The number of thiazole rings is 1. The molecule has 9 heteroatoms. The lowest BCUT2D eigenvalue weighted by molar-refractivity contribution is 0.233. The molecule has 0 aliphatic carbocycles. The molecule has 0 spiro atoms. The van der Waals surface area contributed by atoms with Crippen molar-refractivity contribution in [3.63, 3.8) is 0 Å². The number of piperidine rings is 1. The summed E-state index contributed by atoms with van der Waals surface area (Å²) in [7, 11) is -3.44. The van der Waals surface area contributed by atoms with Gasteiger partial charge in [0.25, 0.3) is 10.0 Å². The SMILES string of the molecule is Cc1ncc(S(=O)(=O)NC2CCN(CC(N)=S)CC2)s1. The highest BCUT2D eigenvalue weighted by Crippen LogP contribution is 2.19. The molecule has 0 amide bonds. The minimum atomic E-state index is -3.44. The van der Waals surface area contributed by atoms with E-state index in [-0.39, 0.29) is 10.3 Å². The molecule has 2 heterocycles. The number of rotatable bonds is 5. The van der Waals surface area contributed by atoms with Gasteiger partial charge in [-0.2, -0.15) is 0 Å². The summed E-state index contributed by atoms with van der Waals surface area (Å²) in [5.74, 6) is 0. The zero-order valence-electron chi connectivity index (χ0n) is 11.2. The molecule has 1 aromatic rings. The predicted molar refractivity (Wildman–Crippen MR) is 83.4 cm³/mol. The molecule has 1 aliphatic heterocycles. The van der Waals surface area contributed by atoms with Crippen molar-refractivity contribution in [2.24, 2.45) is 5.73 Å². The summed E-state index contributed by atoms with van der Waals surface area (Å²) >= 11 is 6.07. The largest absolute Gasteiger partial charge is 0.392 e. The van der Waals surface area contributed by atoms with Gasteiger partial charge in [-0.05, 0) is 19.8 Å². The Morgan fingerprint density at radius 3 is 2.75 bits per heavy atom. The molecule has 0 atom stereocenters. The Hall–Kier alpha value is -0.610. The first-order valence-corrected chi connectivity index (χ1v) is 9.03. The normalized spacial score (nSPS) is 18.2. The Balaban J connectivity index is 1.91. The molecular formula is C11H18N4O2S3. The Morgan fingerprint density at radius 2 is 2.25 bits per heavy atom. The number of aromatic nitrogens is 1. The zero-order valence-corrected chi connectivity index (χ0v) is 13.7. The maximum Gasteiger partial charge on any atom is 0.251 e. The van der Waals surface area contributed by atoms with Crippen LogP contribution >= 0.6 is 23.6 Å². The molecule has 2 rings (SSSR count). The summed E-state index contributed by atoms with van der Waals surface area (Å²) < 4.78 is 27.4. The van der Waals surface area contributed by atoms with Crippen LogP contribution in [0.1, 0.15) is 17.8 Å². The fourth-order valence-electron chi connectivity index (χ4n) is 2.17. The highest BCUT2D eigenvalue weighted by molar-refractivity contribution is 7.91. The van der Waals surface area contributed by atoms with Crippen molar-refractivity contribution in [3.8, 4) is 0 Å².